The van der Waals surface area contributed by atoms with Gasteiger partial charge in [-0.2, -0.15) is 0 Å². The van der Waals surface area contributed by atoms with Crippen molar-refractivity contribution in [3.05, 3.63) is 29.6 Å². The van der Waals surface area contributed by atoms with E-state index in [0.717, 1.165) is 18.7 Å². The van der Waals surface area contributed by atoms with Crippen molar-refractivity contribution in [3.63, 3.8) is 0 Å². The van der Waals surface area contributed by atoms with Gasteiger partial charge in [0.05, 0.1) is 35.9 Å². The van der Waals surface area contributed by atoms with Gasteiger partial charge in [0.15, 0.2) is 0 Å². The molecule has 106 valence electrons. The molecular formula is C14H16N2O4. The van der Waals surface area contributed by atoms with Crippen LogP contribution in [0.15, 0.2) is 18.2 Å². The predicted molar refractivity (Wildman–Crippen MR) is 71.9 cm³/mol. The van der Waals surface area contributed by atoms with Crippen molar-refractivity contribution in [1.29, 1.82) is 0 Å². The van der Waals surface area contributed by atoms with E-state index in [-0.39, 0.29) is 18.8 Å². The van der Waals surface area contributed by atoms with E-state index in [1.54, 1.807) is 16.7 Å². The van der Waals surface area contributed by atoms with Gasteiger partial charge in [0.1, 0.15) is 5.82 Å². The van der Waals surface area contributed by atoms with Crippen molar-refractivity contribution < 1.29 is 20.1 Å². The van der Waals surface area contributed by atoms with Crippen LogP contribution in [0.2, 0.25) is 0 Å². The second kappa shape index (κ2) is 4.88. The summed E-state index contributed by atoms with van der Waals surface area (Å²) in [4.78, 5) is 15.6. The summed E-state index contributed by atoms with van der Waals surface area (Å²) in [6.07, 6.45) is 2.08. The minimum atomic E-state index is -1.00. The van der Waals surface area contributed by atoms with E-state index in [2.05, 4.69) is 4.98 Å². The van der Waals surface area contributed by atoms with Crippen LogP contribution in [0.3, 0.4) is 0 Å². The van der Waals surface area contributed by atoms with Gasteiger partial charge in [0, 0.05) is 5.92 Å². The first-order valence-corrected chi connectivity index (χ1v) is 6.62. The van der Waals surface area contributed by atoms with Crippen LogP contribution in [0, 0.1) is 0 Å². The minimum absolute atomic E-state index is 0.177. The van der Waals surface area contributed by atoms with Crippen molar-refractivity contribution >= 4 is 17.0 Å². The Kier molecular flexibility index (Phi) is 3.19. The number of aliphatic hydroxyl groups excluding tert-OH is 2. The molecule has 1 heterocycles. The molecule has 0 unspecified atom stereocenters. The first-order valence-electron chi connectivity index (χ1n) is 6.62. The lowest BCUT2D eigenvalue weighted by Crippen LogP contribution is -2.19. The summed E-state index contributed by atoms with van der Waals surface area (Å²) < 4.78 is 1.79. The number of hydrogen-bond acceptors (Lipinski definition) is 4. The SMILES string of the molecule is O=C(O)c1ccc2nc(C3CC3)n(C(CO)CO)c2c1. The second-order valence-corrected chi connectivity index (χ2v) is 5.14. The topological polar surface area (TPSA) is 95.6 Å². The predicted octanol–water partition coefficient (Wildman–Crippen LogP) is 1.14. The zero-order valence-electron chi connectivity index (χ0n) is 10.9. The van der Waals surface area contributed by atoms with E-state index in [1.807, 2.05) is 0 Å². The van der Waals surface area contributed by atoms with Crippen molar-refractivity contribution in [2.45, 2.75) is 24.8 Å². The number of rotatable bonds is 5. The Morgan fingerprint density at radius 1 is 1.35 bits per heavy atom. The van der Waals surface area contributed by atoms with Gasteiger partial charge in [-0.05, 0) is 31.0 Å². The summed E-state index contributed by atoms with van der Waals surface area (Å²) in [5.41, 5.74) is 1.53. The van der Waals surface area contributed by atoms with Gasteiger partial charge in [0.2, 0.25) is 0 Å². The third-order valence-electron chi connectivity index (χ3n) is 3.69. The average Bonchev–Trinajstić information content (AvgIpc) is 3.22. The number of aromatic nitrogens is 2. The fraction of sp³-hybridized carbons (Fsp3) is 0.429. The Morgan fingerprint density at radius 3 is 2.60 bits per heavy atom. The van der Waals surface area contributed by atoms with Crippen molar-refractivity contribution in [2.75, 3.05) is 13.2 Å². The number of nitrogens with zero attached hydrogens (tertiary/aromatic N) is 2. The maximum atomic E-state index is 11.1. The lowest BCUT2D eigenvalue weighted by Gasteiger charge is -2.17. The molecule has 0 radical (unpaired) electrons. The summed E-state index contributed by atoms with van der Waals surface area (Å²) in [5.74, 6) is 0.170. The van der Waals surface area contributed by atoms with Gasteiger partial charge in [-0.25, -0.2) is 9.78 Å². The molecule has 1 aliphatic carbocycles. The molecule has 2 aromatic rings. The van der Waals surface area contributed by atoms with E-state index in [9.17, 15) is 15.0 Å². The Bertz CT molecular complexity index is 656. The summed E-state index contributed by atoms with van der Waals surface area (Å²) in [5, 5.41) is 28.0. The second-order valence-electron chi connectivity index (χ2n) is 5.14. The zero-order valence-corrected chi connectivity index (χ0v) is 10.9. The Hall–Kier alpha value is -1.92. The highest BCUT2D eigenvalue weighted by Crippen LogP contribution is 2.41. The number of fused-ring (bicyclic) bond motifs is 1. The van der Waals surface area contributed by atoms with Crippen LogP contribution in [0.1, 0.15) is 41.0 Å². The number of imidazole rings is 1. The molecule has 1 saturated carbocycles. The van der Waals surface area contributed by atoms with Gasteiger partial charge >= 0.3 is 5.97 Å². The normalized spacial score (nSPS) is 15.2. The highest BCUT2D eigenvalue weighted by Gasteiger charge is 2.31. The number of carboxylic acid groups (broad SMARTS) is 1. The zero-order chi connectivity index (χ0) is 14.3. The molecule has 1 aromatic carbocycles. The maximum Gasteiger partial charge on any atom is 0.335 e. The van der Waals surface area contributed by atoms with Crippen LogP contribution in [0.4, 0.5) is 0 Å². The van der Waals surface area contributed by atoms with Crippen LogP contribution < -0.4 is 0 Å². The van der Waals surface area contributed by atoms with Gasteiger partial charge < -0.3 is 19.9 Å². The van der Waals surface area contributed by atoms with Crippen molar-refractivity contribution in [1.82, 2.24) is 9.55 Å². The number of hydrogen-bond donors (Lipinski definition) is 3. The molecule has 0 atom stereocenters. The molecule has 0 amide bonds. The van der Waals surface area contributed by atoms with E-state index in [0.29, 0.717) is 17.0 Å². The van der Waals surface area contributed by atoms with Crippen molar-refractivity contribution in [3.8, 4) is 0 Å². The molecular weight excluding hydrogens is 260 g/mol. The quantitative estimate of drug-likeness (QED) is 0.761. The van der Waals surface area contributed by atoms with Crippen LogP contribution in [0.5, 0.6) is 0 Å². The van der Waals surface area contributed by atoms with Crippen molar-refractivity contribution in [2.24, 2.45) is 0 Å². The fourth-order valence-electron chi connectivity index (χ4n) is 2.48. The number of aromatic carboxylic acids is 1. The Balaban J connectivity index is 2.22. The van der Waals surface area contributed by atoms with E-state index >= 15 is 0 Å². The molecule has 0 bridgehead atoms. The highest BCUT2D eigenvalue weighted by molar-refractivity contribution is 5.92. The van der Waals surface area contributed by atoms with E-state index < -0.39 is 12.0 Å². The lowest BCUT2D eigenvalue weighted by molar-refractivity contribution is 0.0697. The summed E-state index contributed by atoms with van der Waals surface area (Å²) in [6, 6.07) is 4.26. The van der Waals surface area contributed by atoms with Gasteiger partial charge in [-0.3, -0.25) is 0 Å². The number of benzene rings is 1. The molecule has 6 nitrogen and oxygen atoms in total. The average molecular weight is 276 g/mol. The van der Waals surface area contributed by atoms with Gasteiger partial charge in [-0.1, -0.05) is 0 Å². The lowest BCUT2D eigenvalue weighted by atomic mass is 10.2. The molecule has 20 heavy (non-hydrogen) atoms. The first kappa shape index (κ1) is 13.1. The number of carbonyl (C=O) groups is 1. The molecule has 1 fully saturated rings. The molecule has 0 saturated heterocycles. The van der Waals surface area contributed by atoms with E-state index in [4.69, 9.17) is 5.11 Å². The smallest absolute Gasteiger partial charge is 0.335 e. The highest BCUT2D eigenvalue weighted by atomic mass is 16.4. The maximum absolute atomic E-state index is 11.1. The summed E-state index contributed by atoms with van der Waals surface area (Å²) in [6.45, 7) is -0.419. The van der Waals surface area contributed by atoms with Crippen LogP contribution >= 0.6 is 0 Å². The molecule has 6 heteroatoms. The molecule has 3 rings (SSSR count). The van der Waals surface area contributed by atoms with Crippen LogP contribution in [0.25, 0.3) is 11.0 Å². The standard InChI is InChI=1S/C14H16N2O4/c17-6-10(7-18)16-12-5-9(14(19)20)3-4-11(12)15-13(16)8-1-2-8/h3-5,8,10,17-18H,1-2,6-7H2,(H,19,20). The molecule has 0 spiro atoms. The Morgan fingerprint density at radius 2 is 2.05 bits per heavy atom. The Labute approximate surface area is 115 Å². The first-order chi connectivity index (χ1) is 9.65. The fourth-order valence-corrected chi connectivity index (χ4v) is 2.48. The number of carboxylic acids is 1. The van der Waals surface area contributed by atoms with Gasteiger partial charge in [-0.15, -0.1) is 0 Å². The number of aliphatic hydroxyl groups is 2. The molecule has 3 N–H and O–H groups in total. The largest absolute Gasteiger partial charge is 0.478 e. The molecule has 1 aromatic heterocycles. The van der Waals surface area contributed by atoms with Crippen LogP contribution in [-0.2, 0) is 0 Å². The third kappa shape index (κ3) is 2.07. The third-order valence-corrected chi connectivity index (χ3v) is 3.69. The van der Waals surface area contributed by atoms with Crippen LogP contribution in [-0.4, -0.2) is 44.1 Å². The molecule has 1 aliphatic rings. The molecule has 0 aliphatic heterocycles. The monoisotopic (exact) mass is 276 g/mol. The summed E-state index contributed by atoms with van der Waals surface area (Å²) >= 11 is 0. The summed E-state index contributed by atoms with van der Waals surface area (Å²) in [7, 11) is 0. The minimum Gasteiger partial charge on any atom is -0.478 e. The van der Waals surface area contributed by atoms with E-state index in [1.165, 1.54) is 6.07 Å². The van der Waals surface area contributed by atoms with Gasteiger partial charge in [0.25, 0.3) is 0 Å².